The molecule has 3 radical (unpaired) electrons. The van der Waals surface area contributed by atoms with E-state index in [1.54, 1.807) is 0 Å². The summed E-state index contributed by atoms with van der Waals surface area (Å²) < 4.78 is 0. The van der Waals surface area contributed by atoms with Crippen molar-refractivity contribution in [3.05, 3.63) is 0 Å². The average Bonchev–Trinajstić information content (AvgIpc) is 0.811. The molecule has 2 nitrogen and oxygen atoms in total. The molecule has 0 unspecified atom stereocenters. The molecule has 0 heterocycles. The van der Waals surface area contributed by atoms with Gasteiger partial charge in [0.2, 0.25) is 0 Å². The molecule has 5 heavy (non-hydrogen) atoms. The van der Waals surface area contributed by atoms with Gasteiger partial charge in [-0.3, -0.25) is 4.79 Å². The molecular formula is C2H4InO2. The molecule has 0 rings (SSSR count). The number of carbonyl (C=O) groups is 1. The second kappa shape index (κ2) is 4.34. The van der Waals surface area contributed by atoms with Crippen LogP contribution in [0.25, 0.3) is 0 Å². The fraction of sp³-hybridized carbons (Fsp3) is 0.500. The summed E-state index contributed by atoms with van der Waals surface area (Å²) in [5, 5.41) is 7.42. The first kappa shape index (κ1) is 9.02. The maximum absolute atomic E-state index is 9.00. The topological polar surface area (TPSA) is 37.3 Å². The summed E-state index contributed by atoms with van der Waals surface area (Å²) in [5.74, 6) is -0.833. The van der Waals surface area contributed by atoms with Gasteiger partial charge in [-0.05, 0) is 0 Å². The first-order valence-electron chi connectivity index (χ1n) is 0.928. The minimum atomic E-state index is -0.833. The zero-order valence-electron chi connectivity index (χ0n) is 2.93. The van der Waals surface area contributed by atoms with E-state index in [9.17, 15) is 0 Å². The summed E-state index contributed by atoms with van der Waals surface area (Å²) in [7, 11) is 0. The third kappa shape index (κ3) is 205. The van der Waals surface area contributed by atoms with E-state index in [0.29, 0.717) is 0 Å². The van der Waals surface area contributed by atoms with E-state index in [-0.39, 0.29) is 25.8 Å². The van der Waals surface area contributed by atoms with Gasteiger partial charge in [0.05, 0.1) is 0 Å². The van der Waals surface area contributed by atoms with Gasteiger partial charge in [0, 0.05) is 32.8 Å². The van der Waals surface area contributed by atoms with E-state index >= 15 is 0 Å². The number of carboxylic acid groups (broad SMARTS) is 1. The van der Waals surface area contributed by atoms with Crippen LogP contribution in [0.15, 0.2) is 0 Å². The van der Waals surface area contributed by atoms with Crippen molar-refractivity contribution in [1.29, 1.82) is 0 Å². The van der Waals surface area contributed by atoms with Crippen LogP contribution in [-0.4, -0.2) is 36.9 Å². The van der Waals surface area contributed by atoms with Crippen molar-refractivity contribution >= 4 is 31.8 Å². The van der Waals surface area contributed by atoms with Crippen LogP contribution in [0.3, 0.4) is 0 Å². The molecule has 0 saturated carbocycles. The molecule has 0 aliphatic rings. The van der Waals surface area contributed by atoms with Crippen molar-refractivity contribution < 1.29 is 9.90 Å². The number of rotatable bonds is 0. The molecule has 0 amide bonds. The third-order valence-electron chi connectivity index (χ3n) is 0. The number of hydrogen-bond acceptors (Lipinski definition) is 1. The third-order valence-corrected chi connectivity index (χ3v) is 0. The molecule has 0 spiro atoms. The van der Waals surface area contributed by atoms with Crippen molar-refractivity contribution in [3.8, 4) is 0 Å². The van der Waals surface area contributed by atoms with E-state index in [2.05, 4.69) is 0 Å². The van der Waals surface area contributed by atoms with Gasteiger partial charge in [0.1, 0.15) is 0 Å². The number of aliphatic carboxylic acids is 1. The molecule has 0 aliphatic heterocycles. The smallest absolute Gasteiger partial charge is 0.300 e. The van der Waals surface area contributed by atoms with Gasteiger partial charge >= 0.3 is 0 Å². The molecule has 0 aromatic carbocycles. The van der Waals surface area contributed by atoms with Crippen LogP contribution >= 0.6 is 0 Å². The second-order valence-corrected chi connectivity index (χ2v) is 0.519. The monoisotopic (exact) mass is 175 g/mol. The van der Waals surface area contributed by atoms with E-state index in [4.69, 9.17) is 9.90 Å². The molecular weight excluding hydrogens is 171 g/mol. The van der Waals surface area contributed by atoms with E-state index in [1.165, 1.54) is 0 Å². The first-order valence-corrected chi connectivity index (χ1v) is 0.928. The fourth-order valence-electron chi connectivity index (χ4n) is 0. The molecule has 27 valence electrons. The Morgan fingerprint density at radius 3 is 1.80 bits per heavy atom. The van der Waals surface area contributed by atoms with Crippen LogP contribution in [0.4, 0.5) is 0 Å². The Morgan fingerprint density at radius 1 is 1.80 bits per heavy atom. The SMILES string of the molecule is CC(=O)O.[In]. The van der Waals surface area contributed by atoms with Gasteiger partial charge in [-0.2, -0.15) is 0 Å². The van der Waals surface area contributed by atoms with Gasteiger partial charge in [-0.15, -0.1) is 0 Å². The van der Waals surface area contributed by atoms with Gasteiger partial charge in [-0.25, -0.2) is 0 Å². The standard InChI is InChI=1S/C2H4O2.In/c1-2(3)4;/h1H3,(H,3,4);. The number of carboxylic acids is 1. The summed E-state index contributed by atoms with van der Waals surface area (Å²) in [4.78, 5) is 9.00. The Hall–Kier alpha value is 0.340. The summed E-state index contributed by atoms with van der Waals surface area (Å²) >= 11 is 0. The first-order chi connectivity index (χ1) is 1.73. The largest absolute Gasteiger partial charge is 0.481 e. The minimum Gasteiger partial charge on any atom is -0.481 e. The van der Waals surface area contributed by atoms with Gasteiger partial charge in [-0.1, -0.05) is 0 Å². The van der Waals surface area contributed by atoms with E-state index < -0.39 is 5.97 Å². The number of hydrogen-bond donors (Lipinski definition) is 1. The Kier molecular flexibility index (Phi) is 7.83. The summed E-state index contributed by atoms with van der Waals surface area (Å²) in [6.07, 6.45) is 0. The summed E-state index contributed by atoms with van der Waals surface area (Å²) in [6.45, 7) is 1.08. The molecule has 3 heteroatoms. The van der Waals surface area contributed by atoms with Crippen LogP contribution in [0.2, 0.25) is 0 Å². The molecule has 0 bridgehead atoms. The Morgan fingerprint density at radius 2 is 1.80 bits per heavy atom. The van der Waals surface area contributed by atoms with Gasteiger partial charge in [0.15, 0.2) is 0 Å². The van der Waals surface area contributed by atoms with Crippen LogP contribution in [0, 0.1) is 0 Å². The molecule has 0 saturated heterocycles. The van der Waals surface area contributed by atoms with Crippen molar-refractivity contribution in [2.75, 3.05) is 0 Å². The van der Waals surface area contributed by atoms with Gasteiger partial charge in [0.25, 0.3) is 5.97 Å². The maximum Gasteiger partial charge on any atom is 0.300 e. The molecule has 0 fully saturated rings. The second-order valence-electron chi connectivity index (χ2n) is 0.519. The molecule has 0 aromatic rings. The van der Waals surface area contributed by atoms with Crippen molar-refractivity contribution in [1.82, 2.24) is 0 Å². The van der Waals surface area contributed by atoms with Crippen molar-refractivity contribution in [3.63, 3.8) is 0 Å². The van der Waals surface area contributed by atoms with E-state index in [0.717, 1.165) is 6.92 Å². The molecule has 0 atom stereocenters. The maximum atomic E-state index is 9.00. The average molecular weight is 175 g/mol. The Bertz CT molecular complexity index is 30.6. The molecule has 0 aliphatic carbocycles. The van der Waals surface area contributed by atoms with Crippen LogP contribution in [-0.2, 0) is 4.79 Å². The van der Waals surface area contributed by atoms with Crippen molar-refractivity contribution in [2.45, 2.75) is 6.92 Å². The molecule has 1 N–H and O–H groups in total. The van der Waals surface area contributed by atoms with Crippen LogP contribution < -0.4 is 0 Å². The van der Waals surface area contributed by atoms with Crippen molar-refractivity contribution in [2.24, 2.45) is 0 Å². The Labute approximate surface area is 49.0 Å². The van der Waals surface area contributed by atoms with Gasteiger partial charge < -0.3 is 5.11 Å². The van der Waals surface area contributed by atoms with Crippen LogP contribution in [0.1, 0.15) is 6.92 Å². The molecule has 0 aromatic heterocycles. The van der Waals surface area contributed by atoms with E-state index in [1.807, 2.05) is 0 Å². The predicted octanol–water partition coefficient (Wildman–Crippen LogP) is -0.290. The zero-order valence-corrected chi connectivity index (χ0v) is 6.23. The van der Waals surface area contributed by atoms with Crippen LogP contribution in [0.5, 0.6) is 0 Å². The quantitative estimate of drug-likeness (QED) is 0.549. The zero-order chi connectivity index (χ0) is 3.58. The minimum absolute atomic E-state index is 0. The summed E-state index contributed by atoms with van der Waals surface area (Å²) in [6, 6.07) is 0. The Balaban J connectivity index is 0. The summed E-state index contributed by atoms with van der Waals surface area (Å²) in [5.41, 5.74) is 0. The fourth-order valence-corrected chi connectivity index (χ4v) is 0. The normalized spacial score (nSPS) is 5.00. The predicted molar refractivity (Wildman–Crippen MR) is 19.1 cm³/mol.